The number of hydrogen-bond donors (Lipinski definition) is 2. The Morgan fingerprint density at radius 3 is 2.67 bits per heavy atom. The summed E-state index contributed by atoms with van der Waals surface area (Å²) in [5.74, 6) is 0. The Morgan fingerprint density at radius 2 is 2.06 bits per heavy atom. The lowest BCUT2D eigenvalue weighted by atomic mass is 10.0. The van der Waals surface area contributed by atoms with Gasteiger partial charge in [-0.15, -0.1) is 0 Å². The highest BCUT2D eigenvalue weighted by atomic mass is 16.6. The fraction of sp³-hybridized carbons (Fsp3) is 0.500. The molecule has 1 atom stereocenters. The average molecular weight is 251 g/mol. The molecule has 6 nitrogen and oxygen atoms in total. The summed E-state index contributed by atoms with van der Waals surface area (Å²) in [6.07, 6.45) is 0. The predicted molar refractivity (Wildman–Crippen MR) is 67.4 cm³/mol. The Hall–Kier alpha value is -1.50. The van der Waals surface area contributed by atoms with E-state index in [0.29, 0.717) is 5.56 Å². The van der Waals surface area contributed by atoms with Crippen LogP contribution in [0.3, 0.4) is 0 Å². The van der Waals surface area contributed by atoms with Gasteiger partial charge in [-0.25, -0.2) is 0 Å². The van der Waals surface area contributed by atoms with Crippen LogP contribution in [0.2, 0.25) is 0 Å². The van der Waals surface area contributed by atoms with Crippen molar-refractivity contribution in [3.05, 3.63) is 39.9 Å². The number of nitrogens with one attached hydrogen (secondary N) is 1. The van der Waals surface area contributed by atoms with E-state index in [1.807, 2.05) is 0 Å². The third-order valence-corrected chi connectivity index (χ3v) is 3.26. The SMILES string of the molecule is O=[N+]([O-])c1ccccc1[C@@H](CO)N1CCNCC1. The molecule has 2 N–H and O–H groups in total. The molecule has 6 heteroatoms. The number of aliphatic hydroxyl groups is 1. The molecule has 0 aromatic heterocycles. The Bertz CT molecular complexity index is 419. The molecule has 1 aromatic carbocycles. The monoisotopic (exact) mass is 251 g/mol. The van der Waals surface area contributed by atoms with Gasteiger partial charge in [-0.05, 0) is 0 Å². The van der Waals surface area contributed by atoms with Crippen LogP contribution in [-0.4, -0.2) is 47.7 Å². The Balaban J connectivity index is 2.28. The third-order valence-electron chi connectivity index (χ3n) is 3.26. The number of aliphatic hydroxyl groups excluding tert-OH is 1. The molecule has 0 unspecified atom stereocenters. The van der Waals surface area contributed by atoms with E-state index in [9.17, 15) is 15.2 Å². The number of nitrogens with zero attached hydrogens (tertiary/aromatic N) is 2. The number of nitro benzene ring substituents is 1. The van der Waals surface area contributed by atoms with Crippen molar-refractivity contribution in [3.63, 3.8) is 0 Å². The molecule has 1 heterocycles. The standard InChI is InChI=1S/C12H17N3O3/c16-9-12(14-7-5-13-6-8-14)10-3-1-2-4-11(10)15(17)18/h1-4,12-13,16H,5-9H2/t12-/m1/s1. The molecule has 0 saturated carbocycles. The molecule has 1 saturated heterocycles. The summed E-state index contributed by atoms with van der Waals surface area (Å²) in [7, 11) is 0. The summed E-state index contributed by atoms with van der Waals surface area (Å²) in [5, 5.41) is 23.8. The predicted octanol–water partition coefficient (Wildman–Crippen LogP) is 0.533. The maximum atomic E-state index is 11.0. The quantitative estimate of drug-likeness (QED) is 0.603. The van der Waals surface area contributed by atoms with Gasteiger partial charge in [0.05, 0.1) is 17.6 Å². The van der Waals surface area contributed by atoms with Crippen LogP contribution in [0.1, 0.15) is 11.6 Å². The van der Waals surface area contributed by atoms with Crippen LogP contribution in [0.15, 0.2) is 24.3 Å². The first-order chi connectivity index (χ1) is 8.74. The van der Waals surface area contributed by atoms with Gasteiger partial charge >= 0.3 is 0 Å². The Labute approximate surface area is 105 Å². The van der Waals surface area contributed by atoms with E-state index in [4.69, 9.17) is 0 Å². The van der Waals surface area contributed by atoms with E-state index in [2.05, 4.69) is 10.2 Å². The summed E-state index contributed by atoms with van der Waals surface area (Å²) in [4.78, 5) is 12.7. The molecule has 0 amide bonds. The summed E-state index contributed by atoms with van der Waals surface area (Å²) in [6, 6.07) is 6.33. The second-order valence-corrected chi connectivity index (χ2v) is 4.30. The number of nitro groups is 1. The van der Waals surface area contributed by atoms with E-state index in [1.165, 1.54) is 6.07 Å². The van der Waals surface area contributed by atoms with Crippen LogP contribution >= 0.6 is 0 Å². The van der Waals surface area contributed by atoms with Crippen LogP contribution in [0.4, 0.5) is 5.69 Å². The van der Waals surface area contributed by atoms with Crippen molar-refractivity contribution in [2.24, 2.45) is 0 Å². The highest BCUT2D eigenvalue weighted by Gasteiger charge is 2.27. The lowest BCUT2D eigenvalue weighted by Gasteiger charge is -2.33. The van der Waals surface area contributed by atoms with Gasteiger partial charge in [-0.2, -0.15) is 0 Å². The molecular weight excluding hydrogens is 234 g/mol. The van der Waals surface area contributed by atoms with Gasteiger partial charge in [-0.1, -0.05) is 18.2 Å². The molecular formula is C12H17N3O3. The summed E-state index contributed by atoms with van der Waals surface area (Å²) in [5.41, 5.74) is 0.669. The number of para-hydroxylation sites is 1. The van der Waals surface area contributed by atoms with Crippen molar-refractivity contribution >= 4 is 5.69 Å². The van der Waals surface area contributed by atoms with Crippen LogP contribution in [0, 0.1) is 10.1 Å². The van der Waals surface area contributed by atoms with E-state index >= 15 is 0 Å². The van der Waals surface area contributed by atoms with E-state index in [0.717, 1.165) is 26.2 Å². The van der Waals surface area contributed by atoms with Crippen molar-refractivity contribution in [2.75, 3.05) is 32.8 Å². The molecule has 1 aliphatic rings. The van der Waals surface area contributed by atoms with E-state index in [-0.39, 0.29) is 23.3 Å². The molecule has 98 valence electrons. The van der Waals surface area contributed by atoms with Crippen molar-refractivity contribution in [2.45, 2.75) is 6.04 Å². The highest BCUT2D eigenvalue weighted by Crippen LogP contribution is 2.28. The minimum Gasteiger partial charge on any atom is -0.394 e. The van der Waals surface area contributed by atoms with Gasteiger partial charge in [0.15, 0.2) is 0 Å². The largest absolute Gasteiger partial charge is 0.394 e. The molecule has 1 fully saturated rings. The summed E-state index contributed by atoms with van der Waals surface area (Å²) in [6.45, 7) is 3.16. The minimum absolute atomic E-state index is 0.0788. The number of hydrogen-bond acceptors (Lipinski definition) is 5. The first-order valence-electron chi connectivity index (χ1n) is 6.03. The summed E-state index contributed by atoms with van der Waals surface area (Å²) < 4.78 is 0. The Morgan fingerprint density at radius 1 is 1.39 bits per heavy atom. The second-order valence-electron chi connectivity index (χ2n) is 4.30. The molecule has 1 aliphatic heterocycles. The van der Waals surface area contributed by atoms with Crippen molar-refractivity contribution in [1.82, 2.24) is 10.2 Å². The highest BCUT2D eigenvalue weighted by molar-refractivity contribution is 5.42. The first-order valence-corrected chi connectivity index (χ1v) is 6.03. The number of rotatable bonds is 4. The maximum Gasteiger partial charge on any atom is 0.274 e. The topological polar surface area (TPSA) is 78.6 Å². The fourth-order valence-electron chi connectivity index (χ4n) is 2.34. The molecule has 2 rings (SSSR count). The first kappa shape index (κ1) is 12.9. The maximum absolute atomic E-state index is 11.0. The van der Waals surface area contributed by atoms with Gasteiger partial charge in [0.1, 0.15) is 0 Å². The minimum atomic E-state index is -0.389. The molecule has 0 aliphatic carbocycles. The van der Waals surface area contributed by atoms with Crippen molar-refractivity contribution in [3.8, 4) is 0 Å². The van der Waals surface area contributed by atoms with Crippen LogP contribution in [0.5, 0.6) is 0 Å². The van der Waals surface area contributed by atoms with Gasteiger partial charge in [-0.3, -0.25) is 15.0 Å². The van der Waals surface area contributed by atoms with Crippen LogP contribution in [-0.2, 0) is 0 Å². The molecule has 0 bridgehead atoms. The smallest absolute Gasteiger partial charge is 0.274 e. The van der Waals surface area contributed by atoms with Gasteiger partial charge in [0, 0.05) is 37.8 Å². The zero-order chi connectivity index (χ0) is 13.0. The zero-order valence-corrected chi connectivity index (χ0v) is 10.1. The number of piperazine rings is 1. The molecule has 0 spiro atoms. The van der Waals surface area contributed by atoms with Crippen LogP contribution < -0.4 is 5.32 Å². The average Bonchev–Trinajstić information content (AvgIpc) is 2.41. The lowest BCUT2D eigenvalue weighted by molar-refractivity contribution is -0.386. The van der Waals surface area contributed by atoms with E-state index in [1.54, 1.807) is 18.2 Å². The lowest BCUT2D eigenvalue weighted by Crippen LogP contribution is -2.46. The summed E-state index contributed by atoms with van der Waals surface area (Å²) >= 11 is 0. The van der Waals surface area contributed by atoms with Gasteiger partial charge in [0.25, 0.3) is 5.69 Å². The zero-order valence-electron chi connectivity index (χ0n) is 10.1. The van der Waals surface area contributed by atoms with Crippen LogP contribution in [0.25, 0.3) is 0 Å². The van der Waals surface area contributed by atoms with Crippen molar-refractivity contribution < 1.29 is 10.0 Å². The fourth-order valence-corrected chi connectivity index (χ4v) is 2.34. The number of benzene rings is 1. The second kappa shape index (κ2) is 5.90. The molecule has 1 aromatic rings. The third kappa shape index (κ3) is 2.66. The molecule has 18 heavy (non-hydrogen) atoms. The van der Waals surface area contributed by atoms with E-state index < -0.39 is 0 Å². The van der Waals surface area contributed by atoms with Crippen molar-refractivity contribution in [1.29, 1.82) is 0 Å². The molecule has 0 radical (unpaired) electrons. The Kier molecular flexibility index (Phi) is 4.24. The van der Waals surface area contributed by atoms with Gasteiger partial charge in [0.2, 0.25) is 0 Å². The van der Waals surface area contributed by atoms with Gasteiger partial charge < -0.3 is 10.4 Å². The normalized spacial score (nSPS) is 18.5.